The number of hydrogen-bond acceptors (Lipinski definition) is 11. The number of carbonyl (C=O) groups excluding carboxylic acids is 1. The minimum absolute atomic E-state index is 0.767. The highest BCUT2D eigenvalue weighted by Crippen LogP contribution is 2.35. The minimum atomic E-state index is -2.37. The molecule has 1 heterocycles. The molecule has 0 amide bonds. The lowest BCUT2D eigenvalue weighted by Gasteiger charge is -2.38. The third-order valence-corrected chi connectivity index (χ3v) is 3.99. The molecule has 0 bridgehead atoms. The smallest absolute Gasteiger partial charge is 0.189 e. The van der Waals surface area contributed by atoms with Gasteiger partial charge in [-0.15, -0.1) is 0 Å². The zero-order chi connectivity index (χ0) is 17.9. The monoisotopic (exact) mass is 342 g/mol. The summed E-state index contributed by atoms with van der Waals surface area (Å²) in [6.07, 6.45) is -14.1. The normalized spacial score (nSPS) is 36.5. The number of carbonyl (C=O) groups is 1. The topological polar surface area (TPSA) is 208 Å². The van der Waals surface area contributed by atoms with Gasteiger partial charge in [0.25, 0.3) is 0 Å². The van der Waals surface area contributed by atoms with E-state index < -0.39 is 73.9 Å². The van der Waals surface area contributed by atoms with Crippen molar-refractivity contribution in [3.05, 3.63) is 0 Å². The molecule has 9 N–H and O–H groups in total. The van der Waals surface area contributed by atoms with Gasteiger partial charge in [-0.1, -0.05) is 0 Å². The maximum Gasteiger partial charge on any atom is 0.189 e. The Kier molecular flexibility index (Phi) is 6.97. The van der Waals surface area contributed by atoms with Gasteiger partial charge in [-0.2, -0.15) is 0 Å². The number of ketones is 1. The predicted octanol–water partition coefficient (Wildman–Crippen LogP) is -6.16. The first-order valence-corrected chi connectivity index (χ1v) is 6.79. The van der Waals surface area contributed by atoms with Gasteiger partial charge in [0.1, 0.15) is 54.9 Å². The number of aliphatic hydroxyl groups is 9. The highest BCUT2D eigenvalue weighted by molar-refractivity contribution is 5.84. The first kappa shape index (κ1) is 20.3. The van der Waals surface area contributed by atoms with Crippen molar-refractivity contribution < 1.29 is 55.5 Å². The van der Waals surface area contributed by atoms with Crippen LogP contribution >= 0.6 is 0 Å². The zero-order valence-electron chi connectivity index (χ0n) is 12.0. The van der Waals surface area contributed by atoms with Crippen LogP contribution in [0, 0.1) is 0 Å². The molecule has 1 aliphatic heterocycles. The van der Waals surface area contributed by atoms with Crippen LogP contribution in [0.3, 0.4) is 0 Å². The Labute approximate surface area is 130 Å². The van der Waals surface area contributed by atoms with Crippen molar-refractivity contribution in [2.75, 3.05) is 19.8 Å². The van der Waals surface area contributed by atoms with Crippen molar-refractivity contribution in [1.29, 1.82) is 0 Å². The molecular weight excluding hydrogens is 320 g/mol. The molecule has 8 atom stereocenters. The Morgan fingerprint density at radius 2 is 1.61 bits per heavy atom. The first-order valence-electron chi connectivity index (χ1n) is 6.79. The Bertz CT molecular complexity index is 404. The van der Waals surface area contributed by atoms with Crippen LogP contribution in [-0.4, -0.2) is 120 Å². The maximum absolute atomic E-state index is 11.1. The summed E-state index contributed by atoms with van der Waals surface area (Å²) in [6, 6.07) is 0. The lowest BCUT2D eigenvalue weighted by Crippen LogP contribution is -2.63. The molecule has 0 aromatic carbocycles. The second-order valence-corrected chi connectivity index (χ2v) is 5.38. The van der Waals surface area contributed by atoms with Crippen molar-refractivity contribution in [3.8, 4) is 0 Å². The number of aliphatic hydroxyl groups excluding tert-OH is 9. The van der Waals surface area contributed by atoms with Gasteiger partial charge in [-0.3, -0.25) is 4.79 Å². The SMILES string of the molecule is O=C(CO)[C@@H](O)[C@H](O)[C@H](O)C(O)C1(CO)O[C@H](CO)[C@@H](O)[C@@H]1O. The predicted molar refractivity (Wildman–Crippen MR) is 69.9 cm³/mol. The van der Waals surface area contributed by atoms with Crippen LogP contribution in [0.4, 0.5) is 0 Å². The molecule has 1 fully saturated rings. The van der Waals surface area contributed by atoms with Gasteiger partial charge in [-0.05, 0) is 0 Å². The van der Waals surface area contributed by atoms with Gasteiger partial charge in [0.05, 0.1) is 13.2 Å². The second-order valence-electron chi connectivity index (χ2n) is 5.38. The van der Waals surface area contributed by atoms with Crippen LogP contribution in [0.5, 0.6) is 0 Å². The van der Waals surface area contributed by atoms with E-state index >= 15 is 0 Å². The van der Waals surface area contributed by atoms with Crippen LogP contribution in [0.2, 0.25) is 0 Å². The lowest BCUT2D eigenvalue weighted by molar-refractivity contribution is -0.219. The molecule has 1 aliphatic rings. The summed E-state index contributed by atoms with van der Waals surface area (Å²) in [5.41, 5.74) is -2.37. The third kappa shape index (κ3) is 3.53. The maximum atomic E-state index is 11.1. The van der Waals surface area contributed by atoms with Crippen molar-refractivity contribution in [2.24, 2.45) is 0 Å². The second kappa shape index (κ2) is 7.90. The van der Waals surface area contributed by atoms with E-state index in [1.807, 2.05) is 0 Å². The van der Waals surface area contributed by atoms with Crippen LogP contribution in [0.15, 0.2) is 0 Å². The molecule has 0 spiro atoms. The van der Waals surface area contributed by atoms with Crippen molar-refractivity contribution >= 4 is 5.78 Å². The quantitative estimate of drug-likeness (QED) is 0.203. The molecule has 0 aromatic heterocycles. The summed E-state index contributed by atoms with van der Waals surface area (Å²) >= 11 is 0. The van der Waals surface area contributed by atoms with E-state index in [4.69, 9.17) is 14.9 Å². The molecule has 0 saturated carbocycles. The van der Waals surface area contributed by atoms with E-state index in [1.54, 1.807) is 0 Å². The van der Waals surface area contributed by atoms with E-state index in [-0.39, 0.29) is 0 Å². The summed E-state index contributed by atoms with van der Waals surface area (Å²) in [6.45, 7) is -3.01. The molecule has 1 rings (SSSR count). The van der Waals surface area contributed by atoms with Crippen molar-refractivity contribution in [3.63, 3.8) is 0 Å². The van der Waals surface area contributed by atoms with E-state index in [2.05, 4.69) is 0 Å². The number of rotatable bonds is 8. The van der Waals surface area contributed by atoms with E-state index in [0.29, 0.717) is 0 Å². The molecule has 11 nitrogen and oxygen atoms in total. The molecule has 11 heteroatoms. The lowest BCUT2D eigenvalue weighted by atomic mass is 9.84. The van der Waals surface area contributed by atoms with E-state index in [0.717, 1.165) is 0 Å². The number of hydrogen-bond donors (Lipinski definition) is 9. The average molecular weight is 342 g/mol. The molecular formula is C12H22O11. The highest BCUT2D eigenvalue weighted by Gasteiger charge is 2.60. The van der Waals surface area contributed by atoms with Gasteiger partial charge in [0.15, 0.2) is 5.78 Å². The average Bonchev–Trinajstić information content (AvgIpc) is 2.83. The molecule has 136 valence electrons. The zero-order valence-corrected chi connectivity index (χ0v) is 12.0. The van der Waals surface area contributed by atoms with Crippen LogP contribution in [-0.2, 0) is 9.53 Å². The highest BCUT2D eigenvalue weighted by atomic mass is 16.6. The first-order chi connectivity index (χ1) is 10.7. The Morgan fingerprint density at radius 1 is 1.04 bits per heavy atom. The summed E-state index contributed by atoms with van der Waals surface area (Å²) in [7, 11) is 0. The largest absolute Gasteiger partial charge is 0.394 e. The fourth-order valence-electron chi connectivity index (χ4n) is 2.47. The summed E-state index contributed by atoms with van der Waals surface area (Å²) < 4.78 is 5.03. The molecule has 0 aromatic rings. The van der Waals surface area contributed by atoms with Gasteiger partial charge in [0.2, 0.25) is 0 Å². The van der Waals surface area contributed by atoms with E-state index in [9.17, 15) is 40.5 Å². The Hall–Kier alpha value is -0.730. The molecule has 0 aliphatic carbocycles. The van der Waals surface area contributed by atoms with Crippen LogP contribution in [0.25, 0.3) is 0 Å². The Balaban J connectivity index is 3.00. The molecule has 23 heavy (non-hydrogen) atoms. The summed E-state index contributed by atoms with van der Waals surface area (Å²) in [5, 5.41) is 85.8. The minimum Gasteiger partial charge on any atom is -0.394 e. The fourth-order valence-corrected chi connectivity index (χ4v) is 2.47. The molecule has 0 radical (unpaired) electrons. The summed E-state index contributed by atoms with van der Waals surface area (Å²) in [5.74, 6) is -1.23. The van der Waals surface area contributed by atoms with Gasteiger partial charge in [-0.25, -0.2) is 0 Å². The van der Waals surface area contributed by atoms with Gasteiger partial charge in [0, 0.05) is 0 Å². The molecule has 2 unspecified atom stereocenters. The Morgan fingerprint density at radius 3 is 2.00 bits per heavy atom. The standard InChI is InChI=1S/C12H22O11/c13-1-4(16)6(17)8(19)9(20)11(22)12(3-15)10(21)7(18)5(2-14)23-12/h5-11,13-15,17-22H,1-3H2/t5-,6-,7-,8+,9+,10+,11?,12?/m1/s1. The van der Waals surface area contributed by atoms with E-state index in [1.165, 1.54) is 0 Å². The number of ether oxygens (including phenoxy) is 1. The van der Waals surface area contributed by atoms with Gasteiger partial charge >= 0.3 is 0 Å². The van der Waals surface area contributed by atoms with Crippen molar-refractivity contribution in [2.45, 2.75) is 48.3 Å². The third-order valence-electron chi connectivity index (χ3n) is 3.99. The van der Waals surface area contributed by atoms with Gasteiger partial charge < -0.3 is 50.7 Å². The van der Waals surface area contributed by atoms with Crippen LogP contribution < -0.4 is 0 Å². The van der Waals surface area contributed by atoms with Crippen molar-refractivity contribution in [1.82, 2.24) is 0 Å². The molecule has 1 saturated heterocycles. The number of Topliss-reactive ketones (excluding diaryl/α,β-unsaturated/α-hetero) is 1. The fraction of sp³-hybridized carbons (Fsp3) is 0.917. The van der Waals surface area contributed by atoms with Crippen LogP contribution in [0.1, 0.15) is 0 Å². The summed E-state index contributed by atoms with van der Waals surface area (Å²) in [4.78, 5) is 11.1.